The van der Waals surface area contributed by atoms with Crippen LogP contribution in [0.25, 0.3) is 10.9 Å². The fraction of sp³-hybridized carbons (Fsp3) is 0.429. The highest BCUT2D eigenvalue weighted by Gasteiger charge is 2.27. The lowest BCUT2D eigenvalue weighted by Gasteiger charge is -2.27. The van der Waals surface area contributed by atoms with E-state index in [0.717, 1.165) is 15.4 Å². The second-order valence-corrected chi connectivity index (χ2v) is 7.81. The summed E-state index contributed by atoms with van der Waals surface area (Å²) in [6, 6.07) is 2.52. The number of halogens is 1. The number of carbonyl (C=O) groups is 4. The summed E-state index contributed by atoms with van der Waals surface area (Å²) in [6.45, 7) is 4.82. The number of methoxy groups -OCH3 is 1. The number of ketones is 1. The topological polar surface area (TPSA) is 118 Å². The fourth-order valence-corrected chi connectivity index (χ4v) is 3.80. The number of hydrogen-bond donors (Lipinski definition) is 2. The number of hydrogen-bond acceptors (Lipinski definition) is 6. The molecule has 2 aromatic rings. The van der Waals surface area contributed by atoms with Gasteiger partial charge in [-0.2, -0.15) is 0 Å². The van der Waals surface area contributed by atoms with E-state index in [1.807, 2.05) is 13.8 Å². The van der Waals surface area contributed by atoms with Crippen LogP contribution in [0.15, 0.2) is 22.8 Å². The second-order valence-electron chi connectivity index (χ2n) is 6.96. The second kappa shape index (κ2) is 10.9. The summed E-state index contributed by atoms with van der Waals surface area (Å²) in [5.74, 6) is -1.52. The summed E-state index contributed by atoms with van der Waals surface area (Å²) in [5.41, 5.74) is 2.06. The number of esters is 1. The number of Topliss-reactive ketones (excluding diaryl/α,β-unsaturated/α-hetero) is 1. The maximum absolute atomic E-state index is 12.7. The first-order chi connectivity index (χ1) is 14.7. The summed E-state index contributed by atoms with van der Waals surface area (Å²) in [4.78, 5) is 53.2. The number of nitrogens with zero attached hydrogens (tertiary/aromatic N) is 1. The van der Waals surface area contributed by atoms with Crippen molar-refractivity contribution in [2.45, 2.75) is 33.2 Å². The van der Waals surface area contributed by atoms with E-state index in [2.05, 4.69) is 31.0 Å². The number of benzene rings is 1. The summed E-state index contributed by atoms with van der Waals surface area (Å²) in [5, 5.41) is 3.19. The molecule has 2 N–H and O–H groups in total. The van der Waals surface area contributed by atoms with Gasteiger partial charge in [-0.15, -0.1) is 0 Å². The molecule has 0 radical (unpaired) electrons. The predicted octanol–water partition coefficient (Wildman–Crippen LogP) is 2.95. The molecule has 0 aliphatic heterocycles. The molecular formula is C21H26BrN3O6. The molecule has 0 saturated heterocycles. The molecule has 168 valence electrons. The largest absolute Gasteiger partial charge is 0.456 e. The predicted molar refractivity (Wildman–Crippen MR) is 118 cm³/mol. The molecule has 0 fully saturated rings. The van der Waals surface area contributed by atoms with Crippen LogP contribution in [0.3, 0.4) is 0 Å². The lowest BCUT2D eigenvalue weighted by molar-refractivity contribution is -0.153. The van der Waals surface area contributed by atoms with Gasteiger partial charge in [0.2, 0.25) is 11.7 Å². The van der Waals surface area contributed by atoms with Crippen LogP contribution in [0.2, 0.25) is 0 Å². The van der Waals surface area contributed by atoms with E-state index in [1.54, 1.807) is 18.3 Å². The number of H-pyrrole nitrogens is 1. The van der Waals surface area contributed by atoms with E-state index in [-0.39, 0.29) is 12.3 Å². The Hall–Kier alpha value is -2.88. The van der Waals surface area contributed by atoms with E-state index in [4.69, 9.17) is 4.74 Å². The van der Waals surface area contributed by atoms with Crippen molar-refractivity contribution in [3.05, 3.63) is 33.9 Å². The Kier molecular flexibility index (Phi) is 8.61. The number of nitrogens with one attached hydrogen (secondary N) is 2. The molecule has 1 heterocycles. The van der Waals surface area contributed by atoms with E-state index < -0.39 is 30.6 Å². The minimum atomic E-state index is -0.919. The summed E-state index contributed by atoms with van der Waals surface area (Å²) in [7, 11) is 1.19. The van der Waals surface area contributed by atoms with Crippen LogP contribution in [0.1, 0.15) is 36.2 Å². The van der Waals surface area contributed by atoms with E-state index in [1.165, 1.54) is 18.9 Å². The van der Waals surface area contributed by atoms with Crippen LogP contribution in [0, 0.1) is 6.92 Å². The minimum Gasteiger partial charge on any atom is -0.456 e. The number of aromatic amines is 1. The van der Waals surface area contributed by atoms with Crippen molar-refractivity contribution in [3.63, 3.8) is 0 Å². The third-order valence-electron chi connectivity index (χ3n) is 4.79. The molecule has 1 aromatic carbocycles. The quantitative estimate of drug-likeness (QED) is 0.407. The third-order valence-corrected chi connectivity index (χ3v) is 5.45. The van der Waals surface area contributed by atoms with Crippen molar-refractivity contribution < 1.29 is 28.7 Å². The Balaban J connectivity index is 2.04. The maximum Gasteiger partial charge on any atom is 0.407 e. The van der Waals surface area contributed by atoms with Crippen LogP contribution in [0.4, 0.5) is 4.79 Å². The normalized spacial score (nSPS) is 11.6. The van der Waals surface area contributed by atoms with Crippen molar-refractivity contribution in [2.24, 2.45) is 0 Å². The first kappa shape index (κ1) is 24.4. The van der Waals surface area contributed by atoms with Crippen molar-refractivity contribution >= 4 is 50.6 Å². The molecular weight excluding hydrogens is 470 g/mol. The smallest absolute Gasteiger partial charge is 0.407 e. The van der Waals surface area contributed by atoms with E-state index in [0.29, 0.717) is 24.0 Å². The number of rotatable bonds is 9. The summed E-state index contributed by atoms with van der Waals surface area (Å²) in [6.07, 6.45) is 1.66. The number of alkyl carbamates (subject to hydrolysis) is 1. The molecule has 10 heteroatoms. The molecule has 1 unspecified atom stereocenters. The van der Waals surface area contributed by atoms with Crippen molar-refractivity contribution in [2.75, 3.05) is 26.8 Å². The lowest BCUT2D eigenvalue weighted by atomic mass is 10.1. The number of ether oxygens (including phenoxy) is 2. The molecule has 0 spiro atoms. The molecule has 2 rings (SSSR count). The molecule has 0 bridgehead atoms. The highest BCUT2D eigenvalue weighted by atomic mass is 79.9. The number of fused-ring (bicyclic) bond motifs is 1. The summed E-state index contributed by atoms with van der Waals surface area (Å²) < 4.78 is 10.5. The number of aromatic nitrogens is 1. The Morgan fingerprint density at radius 2 is 1.97 bits per heavy atom. The number of carbonyl (C=O) groups excluding carboxylic acids is 4. The Labute approximate surface area is 188 Å². The van der Waals surface area contributed by atoms with Crippen molar-refractivity contribution in [1.29, 1.82) is 0 Å². The van der Waals surface area contributed by atoms with Crippen LogP contribution in [0.5, 0.6) is 0 Å². The lowest BCUT2D eigenvalue weighted by Crippen LogP contribution is -2.48. The number of aryl methyl sites for hydroxylation is 1. The van der Waals surface area contributed by atoms with Gasteiger partial charge in [-0.1, -0.05) is 22.9 Å². The minimum absolute atomic E-state index is 0.293. The Morgan fingerprint density at radius 1 is 1.26 bits per heavy atom. The fourth-order valence-electron chi connectivity index (χ4n) is 3.16. The van der Waals surface area contributed by atoms with E-state index >= 15 is 0 Å². The average molecular weight is 496 g/mol. The van der Waals surface area contributed by atoms with Gasteiger partial charge < -0.3 is 24.7 Å². The van der Waals surface area contributed by atoms with Gasteiger partial charge in [-0.3, -0.25) is 9.59 Å². The first-order valence-electron chi connectivity index (χ1n) is 9.78. The zero-order valence-corrected chi connectivity index (χ0v) is 19.5. The standard InChI is InChI=1S/C21H26BrN3O6/c1-5-8-25(17(27)10-24-21(29)30-4)13(3)20(28)31-11-16(26)14-6-7-15(22)18-12(2)9-23-19(14)18/h6-7,9,13,23H,5,8,10-11H2,1-4H3,(H,24,29). The molecule has 0 aliphatic carbocycles. The molecule has 9 nitrogen and oxygen atoms in total. The Bertz CT molecular complexity index is 987. The van der Waals surface area contributed by atoms with Gasteiger partial charge in [-0.05, 0) is 38.0 Å². The highest BCUT2D eigenvalue weighted by Crippen LogP contribution is 2.29. The van der Waals surface area contributed by atoms with Gasteiger partial charge in [-0.25, -0.2) is 9.59 Å². The molecule has 31 heavy (non-hydrogen) atoms. The maximum atomic E-state index is 12.7. The van der Waals surface area contributed by atoms with Crippen LogP contribution >= 0.6 is 15.9 Å². The van der Waals surface area contributed by atoms with Crippen LogP contribution in [-0.4, -0.2) is 66.5 Å². The zero-order valence-electron chi connectivity index (χ0n) is 17.9. The van der Waals surface area contributed by atoms with Gasteiger partial charge in [0.1, 0.15) is 12.6 Å². The van der Waals surface area contributed by atoms with Crippen molar-refractivity contribution in [3.8, 4) is 0 Å². The van der Waals surface area contributed by atoms with Crippen LogP contribution < -0.4 is 5.32 Å². The summed E-state index contributed by atoms with van der Waals surface area (Å²) >= 11 is 3.47. The van der Waals surface area contributed by atoms with Gasteiger partial charge in [0, 0.05) is 28.2 Å². The molecule has 1 aromatic heterocycles. The van der Waals surface area contributed by atoms with Gasteiger partial charge >= 0.3 is 12.1 Å². The average Bonchev–Trinajstić information content (AvgIpc) is 3.15. The van der Waals surface area contributed by atoms with Crippen LogP contribution in [-0.2, 0) is 19.1 Å². The Morgan fingerprint density at radius 3 is 2.61 bits per heavy atom. The molecule has 0 saturated carbocycles. The molecule has 2 amide bonds. The SMILES string of the molecule is CCCN(C(=O)CNC(=O)OC)C(C)C(=O)OCC(=O)c1ccc(Br)c2c(C)c[nH]c12. The monoisotopic (exact) mass is 495 g/mol. The zero-order chi connectivity index (χ0) is 23.1. The third kappa shape index (κ3) is 5.84. The first-order valence-corrected chi connectivity index (χ1v) is 10.6. The molecule has 0 aliphatic rings. The highest BCUT2D eigenvalue weighted by molar-refractivity contribution is 9.10. The van der Waals surface area contributed by atoms with Crippen molar-refractivity contribution in [1.82, 2.24) is 15.2 Å². The van der Waals surface area contributed by atoms with Gasteiger partial charge in [0.25, 0.3) is 0 Å². The van der Waals surface area contributed by atoms with Gasteiger partial charge in [0.15, 0.2) is 6.61 Å². The van der Waals surface area contributed by atoms with E-state index in [9.17, 15) is 19.2 Å². The van der Waals surface area contributed by atoms with Gasteiger partial charge in [0.05, 0.1) is 12.6 Å². The molecule has 1 atom stereocenters. The number of amides is 2.